The van der Waals surface area contributed by atoms with Crippen LogP contribution in [0.5, 0.6) is 0 Å². The summed E-state index contributed by atoms with van der Waals surface area (Å²) in [5.74, 6) is 2.10. The van der Waals surface area contributed by atoms with Crippen LogP contribution in [0.25, 0.3) is 0 Å². The van der Waals surface area contributed by atoms with Gasteiger partial charge in [0.15, 0.2) is 0 Å². The van der Waals surface area contributed by atoms with Crippen molar-refractivity contribution >= 4 is 37.9 Å². The van der Waals surface area contributed by atoms with Crippen LogP contribution in [-0.4, -0.2) is 16.3 Å². The third-order valence-corrected chi connectivity index (χ3v) is 9.15. The van der Waals surface area contributed by atoms with E-state index in [2.05, 4.69) is 32.2 Å². The Labute approximate surface area is 240 Å². The van der Waals surface area contributed by atoms with Crippen LogP contribution in [0.15, 0.2) is 0 Å². The molecule has 35 heavy (non-hydrogen) atoms. The molecule has 0 aromatic heterocycles. The summed E-state index contributed by atoms with van der Waals surface area (Å²) in [5.41, 5.74) is 0. The molecule has 0 bridgehead atoms. The van der Waals surface area contributed by atoms with Gasteiger partial charge in [-0.05, 0) is 43.6 Å². The summed E-state index contributed by atoms with van der Waals surface area (Å²) in [6.45, 7) is 2.31. The molecule has 212 valence electrons. The van der Waals surface area contributed by atoms with Crippen molar-refractivity contribution in [1.82, 2.24) is 0 Å². The quantitative estimate of drug-likeness (QED) is 0.0579. The van der Waals surface area contributed by atoms with Gasteiger partial charge >= 0.3 is 0 Å². The lowest BCUT2D eigenvalue weighted by molar-refractivity contribution is 0.405. The Morgan fingerprint density at radius 1 is 0.343 bits per heavy atom. The lowest BCUT2D eigenvalue weighted by Crippen LogP contribution is -2.21. The molecule has 0 radical (unpaired) electrons. The van der Waals surface area contributed by atoms with Crippen LogP contribution in [0.1, 0.15) is 187 Å². The normalized spacial score (nSPS) is 13.4. The predicted octanol–water partition coefficient (Wildman–Crippen LogP) is 12.5. The van der Waals surface area contributed by atoms with E-state index in [-0.39, 0.29) is 0 Å². The first-order chi connectivity index (χ1) is 17.2. The standard InChI is InChI=1S/C32H66S3/c1-2-3-4-5-6-7-8-9-12-17-22-27-32(35,29-24-19-14-16-21-26-31-34)28-23-18-13-10-11-15-20-25-30-33/h33-35H,2-31H2,1H3. The van der Waals surface area contributed by atoms with Gasteiger partial charge in [-0.2, -0.15) is 37.9 Å². The Bertz CT molecular complexity index is 387. The summed E-state index contributed by atoms with van der Waals surface area (Å²) in [4.78, 5) is 0. The van der Waals surface area contributed by atoms with Gasteiger partial charge < -0.3 is 0 Å². The Hall–Kier alpha value is 1.05. The minimum absolute atomic E-state index is 0.303. The van der Waals surface area contributed by atoms with Crippen LogP contribution in [0.4, 0.5) is 0 Å². The van der Waals surface area contributed by atoms with Crippen molar-refractivity contribution in [3.05, 3.63) is 0 Å². The van der Waals surface area contributed by atoms with E-state index in [0.717, 1.165) is 11.5 Å². The summed E-state index contributed by atoms with van der Waals surface area (Å²) in [6.07, 6.45) is 39.2. The monoisotopic (exact) mass is 546 g/mol. The molecule has 0 heterocycles. The van der Waals surface area contributed by atoms with Gasteiger partial charge in [-0.15, -0.1) is 0 Å². The number of hydrogen-bond donors (Lipinski definition) is 3. The van der Waals surface area contributed by atoms with E-state index in [4.69, 9.17) is 12.6 Å². The minimum atomic E-state index is 0.303. The molecule has 0 aliphatic heterocycles. The first kappa shape index (κ1) is 36.0. The van der Waals surface area contributed by atoms with Crippen molar-refractivity contribution < 1.29 is 0 Å². The SMILES string of the molecule is CCCCCCCCCCCCCC(S)(CCCCCCCCS)CCCCCCCCCCS. The zero-order chi connectivity index (χ0) is 25.7. The van der Waals surface area contributed by atoms with Crippen molar-refractivity contribution in [1.29, 1.82) is 0 Å². The van der Waals surface area contributed by atoms with Crippen LogP contribution in [0.3, 0.4) is 0 Å². The lowest BCUT2D eigenvalue weighted by atomic mass is 9.88. The highest BCUT2D eigenvalue weighted by atomic mass is 32.1. The summed E-state index contributed by atoms with van der Waals surface area (Å²) in [5, 5.41) is 0. The molecule has 1 unspecified atom stereocenters. The van der Waals surface area contributed by atoms with E-state index in [9.17, 15) is 0 Å². The molecular weight excluding hydrogens is 481 g/mol. The third kappa shape index (κ3) is 27.9. The Morgan fingerprint density at radius 2 is 0.571 bits per heavy atom. The van der Waals surface area contributed by atoms with Crippen LogP contribution < -0.4 is 0 Å². The number of thiol groups is 3. The largest absolute Gasteiger partial charge is 0.179 e. The van der Waals surface area contributed by atoms with Gasteiger partial charge in [0.1, 0.15) is 0 Å². The minimum Gasteiger partial charge on any atom is -0.179 e. The molecule has 0 aromatic carbocycles. The molecule has 0 rings (SSSR count). The fourth-order valence-electron chi connectivity index (χ4n) is 5.39. The second-order valence-electron chi connectivity index (χ2n) is 11.4. The molecule has 1 atom stereocenters. The van der Waals surface area contributed by atoms with Gasteiger partial charge in [-0.1, -0.05) is 155 Å². The highest BCUT2D eigenvalue weighted by Gasteiger charge is 2.23. The summed E-state index contributed by atoms with van der Waals surface area (Å²) in [7, 11) is 0. The van der Waals surface area contributed by atoms with Crippen LogP contribution in [0.2, 0.25) is 0 Å². The fourth-order valence-corrected chi connectivity index (χ4v) is 6.31. The maximum absolute atomic E-state index is 5.34. The van der Waals surface area contributed by atoms with Crippen molar-refractivity contribution in [2.75, 3.05) is 11.5 Å². The maximum atomic E-state index is 5.34. The number of hydrogen-bond acceptors (Lipinski definition) is 3. The number of unbranched alkanes of at least 4 members (excludes halogenated alkanes) is 22. The third-order valence-electron chi connectivity index (χ3n) is 7.85. The summed E-state index contributed by atoms with van der Waals surface area (Å²) < 4.78 is 0.303. The van der Waals surface area contributed by atoms with Crippen LogP contribution in [-0.2, 0) is 0 Å². The van der Waals surface area contributed by atoms with Gasteiger partial charge in [-0.3, -0.25) is 0 Å². The molecule has 0 fully saturated rings. The molecule has 0 N–H and O–H groups in total. The molecule has 0 saturated carbocycles. The van der Waals surface area contributed by atoms with E-state index in [1.165, 1.54) is 180 Å². The van der Waals surface area contributed by atoms with Gasteiger partial charge in [0, 0.05) is 4.75 Å². The predicted molar refractivity (Wildman–Crippen MR) is 174 cm³/mol. The molecule has 0 spiro atoms. The zero-order valence-electron chi connectivity index (χ0n) is 24.1. The highest BCUT2D eigenvalue weighted by Crippen LogP contribution is 2.35. The smallest absolute Gasteiger partial charge is 0.0130 e. The molecule has 0 aliphatic rings. The van der Waals surface area contributed by atoms with Crippen LogP contribution in [0, 0.1) is 0 Å². The van der Waals surface area contributed by atoms with Crippen molar-refractivity contribution in [3.63, 3.8) is 0 Å². The molecule has 0 aromatic rings. The first-order valence-electron chi connectivity index (χ1n) is 16.1. The van der Waals surface area contributed by atoms with Crippen molar-refractivity contribution in [2.45, 2.75) is 191 Å². The van der Waals surface area contributed by atoms with E-state index < -0.39 is 0 Å². The first-order valence-corrected chi connectivity index (χ1v) is 17.8. The highest BCUT2D eigenvalue weighted by molar-refractivity contribution is 7.81. The average molecular weight is 547 g/mol. The van der Waals surface area contributed by atoms with E-state index in [1.54, 1.807) is 0 Å². The molecule has 0 amide bonds. The average Bonchev–Trinajstić information content (AvgIpc) is 2.86. The maximum Gasteiger partial charge on any atom is 0.0130 e. The molecule has 3 heteroatoms. The van der Waals surface area contributed by atoms with Gasteiger partial charge in [0.25, 0.3) is 0 Å². The number of rotatable bonds is 30. The Balaban J connectivity index is 4.01. The summed E-state index contributed by atoms with van der Waals surface area (Å²) >= 11 is 14.0. The van der Waals surface area contributed by atoms with Gasteiger partial charge in [-0.25, -0.2) is 0 Å². The second-order valence-corrected chi connectivity index (χ2v) is 13.2. The van der Waals surface area contributed by atoms with E-state index in [0.29, 0.717) is 4.75 Å². The molecular formula is C32H66S3. The topological polar surface area (TPSA) is 0 Å². The fraction of sp³-hybridized carbons (Fsp3) is 1.00. The summed E-state index contributed by atoms with van der Waals surface area (Å²) in [6, 6.07) is 0. The Morgan fingerprint density at radius 3 is 0.829 bits per heavy atom. The lowest BCUT2D eigenvalue weighted by Gasteiger charge is -2.29. The van der Waals surface area contributed by atoms with Gasteiger partial charge in [0.2, 0.25) is 0 Å². The second kappa shape index (κ2) is 29.6. The van der Waals surface area contributed by atoms with Crippen molar-refractivity contribution in [3.8, 4) is 0 Å². The Kier molecular flexibility index (Phi) is 30.5. The van der Waals surface area contributed by atoms with E-state index >= 15 is 0 Å². The van der Waals surface area contributed by atoms with Crippen LogP contribution >= 0.6 is 37.9 Å². The van der Waals surface area contributed by atoms with Gasteiger partial charge in [0.05, 0.1) is 0 Å². The van der Waals surface area contributed by atoms with Crippen molar-refractivity contribution in [2.24, 2.45) is 0 Å². The molecule has 0 nitrogen and oxygen atoms in total. The van der Waals surface area contributed by atoms with E-state index in [1.807, 2.05) is 0 Å². The zero-order valence-corrected chi connectivity index (χ0v) is 26.7. The molecule has 0 aliphatic carbocycles. The molecule has 0 saturated heterocycles.